The number of benzene rings is 1. The van der Waals surface area contributed by atoms with Crippen LogP contribution in [0.2, 0.25) is 0 Å². The Morgan fingerprint density at radius 3 is 2.52 bits per heavy atom. The maximum atomic E-state index is 12.3. The van der Waals surface area contributed by atoms with E-state index in [1.807, 2.05) is 6.07 Å². The summed E-state index contributed by atoms with van der Waals surface area (Å²) in [7, 11) is 0. The fourth-order valence-electron chi connectivity index (χ4n) is 2.03. The molecule has 0 spiro atoms. The highest BCUT2D eigenvalue weighted by atomic mass is 16.4. The molecule has 2 N–H and O–H groups in total. The third-order valence-corrected chi connectivity index (χ3v) is 2.98. The lowest BCUT2D eigenvalue weighted by molar-refractivity contribution is 0.0695. The van der Waals surface area contributed by atoms with Gasteiger partial charge >= 0.3 is 5.97 Å². The number of hydrogen-bond donors (Lipinski definition) is 2. The SMILES string of the molecule is O=C(O)c1c(Nc2ccccc2)nc2ccccn2c1=O. The second-order valence-corrected chi connectivity index (χ2v) is 4.37. The molecule has 0 aliphatic rings. The highest BCUT2D eigenvalue weighted by Crippen LogP contribution is 2.17. The average Bonchev–Trinajstić information content (AvgIpc) is 2.48. The van der Waals surface area contributed by atoms with Crippen LogP contribution in [0.5, 0.6) is 0 Å². The number of carbonyl (C=O) groups is 1. The monoisotopic (exact) mass is 281 g/mol. The summed E-state index contributed by atoms with van der Waals surface area (Å²) in [6.07, 6.45) is 1.49. The highest BCUT2D eigenvalue weighted by molar-refractivity contribution is 5.94. The van der Waals surface area contributed by atoms with Crippen LogP contribution < -0.4 is 10.9 Å². The number of fused-ring (bicyclic) bond motifs is 1. The van der Waals surface area contributed by atoms with E-state index < -0.39 is 11.5 Å². The van der Waals surface area contributed by atoms with Gasteiger partial charge in [-0.3, -0.25) is 9.20 Å². The maximum Gasteiger partial charge on any atom is 0.345 e. The highest BCUT2D eigenvalue weighted by Gasteiger charge is 2.19. The summed E-state index contributed by atoms with van der Waals surface area (Å²) in [5, 5.41) is 12.2. The Kier molecular flexibility index (Phi) is 3.12. The van der Waals surface area contributed by atoms with Crippen molar-refractivity contribution < 1.29 is 9.90 Å². The molecular weight excluding hydrogens is 270 g/mol. The molecule has 0 amide bonds. The molecule has 6 nitrogen and oxygen atoms in total. The zero-order valence-corrected chi connectivity index (χ0v) is 10.9. The number of nitrogens with one attached hydrogen (secondary N) is 1. The van der Waals surface area contributed by atoms with Crippen LogP contribution in [0.15, 0.2) is 59.5 Å². The zero-order valence-electron chi connectivity index (χ0n) is 10.9. The van der Waals surface area contributed by atoms with Crippen molar-refractivity contribution in [3.63, 3.8) is 0 Å². The van der Waals surface area contributed by atoms with E-state index in [0.717, 1.165) is 0 Å². The molecule has 104 valence electrons. The Balaban J connectivity index is 2.23. The van der Waals surface area contributed by atoms with Crippen LogP contribution >= 0.6 is 0 Å². The number of pyridine rings is 1. The van der Waals surface area contributed by atoms with Crippen molar-refractivity contribution in [3.8, 4) is 0 Å². The topological polar surface area (TPSA) is 83.7 Å². The predicted octanol–water partition coefficient (Wildman–Crippen LogP) is 2.14. The van der Waals surface area contributed by atoms with E-state index in [2.05, 4.69) is 10.3 Å². The van der Waals surface area contributed by atoms with Crippen molar-refractivity contribution in [3.05, 3.63) is 70.6 Å². The standard InChI is InChI=1S/C15H11N3O3/c19-14-12(15(20)21)13(16-10-6-2-1-3-7-10)17-11-8-4-5-9-18(11)14/h1-9,16H,(H,20,21). The number of anilines is 2. The van der Waals surface area contributed by atoms with Crippen LogP contribution in [0.4, 0.5) is 11.5 Å². The summed E-state index contributed by atoms with van der Waals surface area (Å²) >= 11 is 0. The minimum Gasteiger partial charge on any atom is -0.477 e. The molecule has 0 bridgehead atoms. The largest absolute Gasteiger partial charge is 0.477 e. The Labute approximate surface area is 119 Å². The maximum absolute atomic E-state index is 12.3. The molecular formula is C15H11N3O3. The van der Waals surface area contributed by atoms with Gasteiger partial charge in [0.2, 0.25) is 0 Å². The number of carboxylic acids is 1. The van der Waals surface area contributed by atoms with Crippen LogP contribution in [-0.4, -0.2) is 20.5 Å². The second-order valence-electron chi connectivity index (χ2n) is 4.37. The third kappa shape index (κ3) is 2.34. The van der Waals surface area contributed by atoms with Crippen LogP contribution in [0.1, 0.15) is 10.4 Å². The Hall–Kier alpha value is -3.15. The summed E-state index contributed by atoms with van der Waals surface area (Å²) < 4.78 is 1.21. The summed E-state index contributed by atoms with van der Waals surface area (Å²) in [6, 6.07) is 14.0. The van der Waals surface area contributed by atoms with Crippen molar-refractivity contribution in [1.82, 2.24) is 9.38 Å². The first kappa shape index (κ1) is 12.9. The first-order chi connectivity index (χ1) is 10.2. The van der Waals surface area contributed by atoms with Gasteiger partial charge in [-0.2, -0.15) is 0 Å². The van der Waals surface area contributed by atoms with Crippen LogP contribution in [0, 0.1) is 0 Å². The Morgan fingerprint density at radius 1 is 1.10 bits per heavy atom. The lowest BCUT2D eigenvalue weighted by Gasteiger charge is -2.10. The van der Waals surface area contributed by atoms with E-state index in [1.165, 1.54) is 10.6 Å². The van der Waals surface area contributed by atoms with Crippen molar-refractivity contribution in [1.29, 1.82) is 0 Å². The number of aromatic nitrogens is 2. The molecule has 3 rings (SSSR count). The van der Waals surface area contributed by atoms with Crippen molar-refractivity contribution in [2.24, 2.45) is 0 Å². The summed E-state index contributed by atoms with van der Waals surface area (Å²) in [5.41, 5.74) is 0.0344. The van der Waals surface area contributed by atoms with E-state index in [1.54, 1.807) is 42.5 Å². The fourth-order valence-corrected chi connectivity index (χ4v) is 2.03. The number of aromatic carboxylic acids is 1. The van der Waals surface area contributed by atoms with Gasteiger partial charge in [0.05, 0.1) is 0 Å². The lowest BCUT2D eigenvalue weighted by Crippen LogP contribution is -2.25. The molecule has 2 heterocycles. The molecule has 0 aliphatic heterocycles. The Morgan fingerprint density at radius 2 is 1.81 bits per heavy atom. The molecule has 2 aromatic heterocycles. The van der Waals surface area contributed by atoms with Gasteiger partial charge in [-0.15, -0.1) is 0 Å². The van der Waals surface area contributed by atoms with Gasteiger partial charge in [0.15, 0.2) is 11.4 Å². The minimum atomic E-state index is -1.32. The first-order valence-corrected chi connectivity index (χ1v) is 6.23. The number of nitrogens with zero attached hydrogens (tertiary/aromatic N) is 2. The Bertz CT molecular complexity index is 872. The molecule has 0 radical (unpaired) electrons. The van der Waals surface area contributed by atoms with E-state index in [0.29, 0.717) is 11.3 Å². The van der Waals surface area contributed by atoms with Gasteiger partial charge in [-0.25, -0.2) is 9.78 Å². The van der Waals surface area contributed by atoms with E-state index >= 15 is 0 Å². The molecule has 0 aliphatic carbocycles. The van der Waals surface area contributed by atoms with Gasteiger partial charge in [-0.1, -0.05) is 24.3 Å². The quantitative estimate of drug-likeness (QED) is 0.768. The van der Waals surface area contributed by atoms with Gasteiger partial charge < -0.3 is 10.4 Å². The lowest BCUT2D eigenvalue weighted by atomic mass is 10.2. The molecule has 0 fully saturated rings. The van der Waals surface area contributed by atoms with Crippen LogP contribution in [0.3, 0.4) is 0 Å². The minimum absolute atomic E-state index is 0.0323. The fraction of sp³-hybridized carbons (Fsp3) is 0. The molecule has 1 aromatic carbocycles. The van der Waals surface area contributed by atoms with E-state index in [4.69, 9.17) is 0 Å². The van der Waals surface area contributed by atoms with E-state index in [-0.39, 0.29) is 11.4 Å². The molecule has 0 saturated heterocycles. The van der Waals surface area contributed by atoms with Crippen LogP contribution in [0.25, 0.3) is 5.65 Å². The van der Waals surface area contributed by atoms with Gasteiger partial charge in [0.1, 0.15) is 5.65 Å². The molecule has 0 atom stereocenters. The number of para-hydroxylation sites is 1. The summed E-state index contributed by atoms with van der Waals surface area (Å²) in [6.45, 7) is 0. The van der Waals surface area contributed by atoms with Crippen LogP contribution in [-0.2, 0) is 0 Å². The van der Waals surface area contributed by atoms with Gasteiger partial charge in [-0.05, 0) is 24.3 Å². The summed E-state index contributed by atoms with van der Waals surface area (Å²) in [5.74, 6) is -1.28. The normalized spacial score (nSPS) is 10.5. The molecule has 21 heavy (non-hydrogen) atoms. The first-order valence-electron chi connectivity index (χ1n) is 6.23. The van der Waals surface area contributed by atoms with Gasteiger partial charge in [0, 0.05) is 11.9 Å². The molecule has 3 aromatic rings. The molecule has 0 unspecified atom stereocenters. The molecule has 0 saturated carbocycles. The van der Waals surface area contributed by atoms with Crippen molar-refractivity contribution in [2.45, 2.75) is 0 Å². The smallest absolute Gasteiger partial charge is 0.345 e. The van der Waals surface area contributed by atoms with Crippen molar-refractivity contribution in [2.75, 3.05) is 5.32 Å². The van der Waals surface area contributed by atoms with Gasteiger partial charge in [0.25, 0.3) is 5.56 Å². The number of rotatable bonds is 3. The average molecular weight is 281 g/mol. The summed E-state index contributed by atoms with van der Waals surface area (Å²) in [4.78, 5) is 27.9. The second kappa shape index (κ2) is 5.09. The number of carboxylic acid groups (broad SMARTS) is 1. The van der Waals surface area contributed by atoms with E-state index in [9.17, 15) is 14.7 Å². The number of hydrogen-bond acceptors (Lipinski definition) is 4. The third-order valence-electron chi connectivity index (χ3n) is 2.98. The predicted molar refractivity (Wildman–Crippen MR) is 78.1 cm³/mol. The molecule has 6 heteroatoms. The zero-order chi connectivity index (χ0) is 14.8. The van der Waals surface area contributed by atoms with Crippen molar-refractivity contribution >= 4 is 23.1 Å².